The smallest absolute Gasteiger partial charge is 0.175 e. The third-order valence-electron chi connectivity index (χ3n) is 3.49. The minimum Gasteiger partial charge on any atom is -0.332 e. The number of aromatic nitrogens is 2. The molecule has 0 aliphatic heterocycles. The first kappa shape index (κ1) is 15.5. The molecule has 21 heavy (non-hydrogen) atoms. The number of hydrogen-bond donors (Lipinski definition) is 2. The van der Waals surface area contributed by atoms with Gasteiger partial charge in [0.15, 0.2) is 5.11 Å². The summed E-state index contributed by atoms with van der Waals surface area (Å²) >= 11 is 5.35. The molecule has 1 aromatic carbocycles. The zero-order valence-corrected chi connectivity index (χ0v) is 13.8. The molecule has 0 saturated carbocycles. The molecule has 0 aliphatic carbocycles. The van der Waals surface area contributed by atoms with Gasteiger partial charge in [-0.1, -0.05) is 26.0 Å². The number of aryl methyl sites for hydroxylation is 1. The van der Waals surface area contributed by atoms with Crippen LogP contribution in [0.1, 0.15) is 37.9 Å². The Bertz CT molecular complexity index is 614. The average Bonchev–Trinajstić information content (AvgIpc) is 2.80. The first-order valence-corrected chi connectivity index (χ1v) is 7.62. The summed E-state index contributed by atoms with van der Waals surface area (Å²) in [6, 6.07) is 8.34. The molecule has 1 aromatic heterocycles. The second kappa shape index (κ2) is 6.72. The van der Waals surface area contributed by atoms with Crippen LogP contribution in [0.2, 0.25) is 0 Å². The highest BCUT2D eigenvalue weighted by Gasteiger charge is 2.07. The van der Waals surface area contributed by atoms with Gasteiger partial charge in [0.1, 0.15) is 0 Å². The second-order valence-corrected chi connectivity index (χ2v) is 5.72. The van der Waals surface area contributed by atoms with E-state index >= 15 is 0 Å². The molecule has 0 spiro atoms. The van der Waals surface area contributed by atoms with Gasteiger partial charge in [-0.05, 0) is 49.7 Å². The second-order valence-electron chi connectivity index (χ2n) is 5.32. The van der Waals surface area contributed by atoms with E-state index in [4.69, 9.17) is 12.2 Å². The van der Waals surface area contributed by atoms with Crippen molar-refractivity contribution in [2.75, 3.05) is 10.6 Å². The molecule has 2 rings (SSSR count). The van der Waals surface area contributed by atoms with Crippen molar-refractivity contribution in [2.24, 2.45) is 0 Å². The van der Waals surface area contributed by atoms with Crippen molar-refractivity contribution in [3.8, 4) is 0 Å². The summed E-state index contributed by atoms with van der Waals surface area (Å²) in [7, 11) is 0. The third-order valence-corrected chi connectivity index (χ3v) is 3.69. The van der Waals surface area contributed by atoms with Gasteiger partial charge in [-0.25, -0.2) is 0 Å². The number of anilines is 2. The number of nitrogens with one attached hydrogen (secondary N) is 2. The van der Waals surface area contributed by atoms with Crippen molar-refractivity contribution in [3.05, 3.63) is 41.7 Å². The van der Waals surface area contributed by atoms with Gasteiger partial charge >= 0.3 is 0 Å². The predicted octanol–water partition coefficient (Wildman–Crippen LogP) is 4.14. The number of thiocarbonyl (C=S) groups is 1. The van der Waals surface area contributed by atoms with Gasteiger partial charge in [0.25, 0.3) is 0 Å². The van der Waals surface area contributed by atoms with E-state index in [1.807, 2.05) is 23.7 Å². The lowest BCUT2D eigenvalue weighted by atomic mass is 10.0. The SMILES string of the molecule is CCn1ncc(NC(=S)Nc2ccc(C(C)C)cc2)c1C. The lowest BCUT2D eigenvalue weighted by Gasteiger charge is -2.11. The fourth-order valence-corrected chi connectivity index (χ4v) is 2.35. The maximum atomic E-state index is 5.35. The standard InChI is InChI=1S/C16H22N4S/c1-5-20-12(4)15(10-17-20)19-16(21)18-14-8-6-13(7-9-14)11(2)3/h6-11H,5H2,1-4H3,(H2,18,19,21). The van der Waals surface area contributed by atoms with Crippen molar-refractivity contribution in [2.45, 2.75) is 40.2 Å². The van der Waals surface area contributed by atoms with Crippen LogP contribution < -0.4 is 10.6 Å². The Kier molecular flexibility index (Phi) is 4.96. The molecule has 1 heterocycles. The average molecular weight is 302 g/mol. The molecule has 0 radical (unpaired) electrons. The van der Waals surface area contributed by atoms with E-state index in [2.05, 4.69) is 48.6 Å². The Morgan fingerprint density at radius 2 is 1.90 bits per heavy atom. The van der Waals surface area contributed by atoms with E-state index in [0.29, 0.717) is 11.0 Å². The normalized spacial score (nSPS) is 10.7. The summed E-state index contributed by atoms with van der Waals surface area (Å²) < 4.78 is 1.93. The first-order valence-electron chi connectivity index (χ1n) is 7.21. The fourth-order valence-electron chi connectivity index (χ4n) is 2.12. The van der Waals surface area contributed by atoms with Crippen molar-refractivity contribution in [1.29, 1.82) is 0 Å². The van der Waals surface area contributed by atoms with E-state index < -0.39 is 0 Å². The highest BCUT2D eigenvalue weighted by molar-refractivity contribution is 7.80. The van der Waals surface area contributed by atoms with Crippen LogP contribution in [0.3, 0.4) is 0 Å². The predicted molar refractivity (Wildman–Crippen MR) is 93.0 cm³/mol. The van der Waals surface area contributed by atoms with E-state index in [1.54, 1.807) is 6.20 Å². The Balaban J connectivity index is 1.99. The topological polar surface area (TPSA) is 41.9 Å². The first-order chi connectivity index (χ1) is 10.0. The van der Waals surface area contributed by atoms with E-state index in [-0.39, 0.29) is 0 Å². The molecule has 4 nitrogen and oxygen atoms in total. The Morgan fingerprint density at radius 1 is 1.24 bits per heavy atom. The molecule has 0 unspecified atom stereocenters. The minimum absolute atomic E-state index is 0.534. The van der Waals surface area contributed by atoms with Crippen molar-refractivity contribution in [3.63, 3.8) is 0 Å². The zero-order valence-electron chi connectivity index (χ0n) is 13.0. The lowest BCUT2D eigenvalue weighted by molar-refractivity contribution is 0.640. The molecule has 2 aromatic rings. The molecule has 0 atom stereocenters. The van der Waals surface area contributed by atoms with Gasteiger partial charge in [0, 0.05) is 12.2 Å². The van der Waals surface area contributed by atoms with Gasteiger partial charge in [-0.2, -0.15) is 5.10 Å². The summed E-state index contributed by atoms with van der Waals surface area (Å²) in [5.41, 5.74) is 4.32. The molecule has 0 bridgehead atoms. The van der Waals surface area contributed by atoms with Gasteiger partial charge in [-0.3, -0.25) is 4.68 Å². The number of hydrogen-bond acceptors (Lipinski definition) is 2. The van der Waals surface area contributed by atoms with Crippen LogP contribution in [0.5, 0.6) is 0 Å². The molecule has 0 aliphatic rings. The lowest BCUT2D eigenvalue weighted by Crippen LogP contribution is -2.19. The van der Waals surface area contributed by atoms with Crippen molar-refractivity contribution < 1.29 is 0 Å². The molecular formula is C16H22N4S. The summed E-state index contributed by atoms with van der Waals surface area (Å²) in [5.74, 6) is 0.534. The fraction of sp³-hybridized carbons (Fsp3) is 0.375. The Labute approximate surface area is 131 Å². The van der Waals surface area contributed by atoms with Gasteiger partial charge in [-0.15, -0.1) is 0 Å². The summed E-state index contributed by atoms with van der Waals surface area (Å²) in [5, 5.41) is 11.2. The van der Waals surface area contributed by atoms with Crippen LogP contribution in [-0.4, -0.2) is 14.9 Å². The molecule has 0 saturated heterocycles. The quantitative estimate of drug-likeness (QED) is 0.833. The Morgan fingerprint density at radius 3 is 2.43 bits per heavy atom. The number of nitrogens with zero attached hydrogens (tertiary/aromatic N) is 2. The van der Waals surface area contributed by atoms with Gasteiger partial charge < -0.3 is 10.6 Å². The third kappa shape index (κ3) is 3.82. The van der Waals surface area contributed by atoms with E-state index in [0.717, 1.165) is 23.6 Å². The molecular weight excluding hydrogens is 280 g/mol. The molecule has 5 heteroatoms. The molecule has 0 amide bonds. The number of rotatable bonds is 4. The van der Waals surface area contributed by atoms with E-state index in [9.17, 15) is 0 Å². The van der Waals surface area contributed by atoms with Crippen molar-refractivity contribution in [1.82, 2.24) is 9.78 Å². The molecule has 0 fully saturated rings. The Hall–Kier alpha value is -1.88. The van der Waals surface area contributed by atoms with Gasteiger partial charge in [0.2, 0.25) is 0 Å². The van der Waals surface area contributed by atoms with Crippen LogP contribution >= 0.6 is 12.2 Å². The van der Waals surface area contributed by atoms with Crippen LogP contribution in [-0.2, 0) is 6.54 Å². The highest BCUT2D eigenvalue weighted by atomic mass is 32.1. The van der Waals surface area contributed by atoms with Crippen LogP contribution in [0.25, 0.3) is 0 Å². The van der Waals surface area contributed by atoms with Gasteiger partial charge in [0.05, 0.1) is 17.6 Å². The summed E-state index contributed by atoms with van der Waals surface area (Å²) in [4.78, 5) is 0. The maximum Gasteiger partial charge on any atom is 0.175 e. The van der Waals surface area contributed by atoms with E-state index in [1.165, 1.54) is 5.56 Å². The summed E-state index contributed by atoms with van der Waals surface area (Å²) in [6.07, 6.45) is 1.80. The largest absolute Gasteiger partial charge is 0.332 e. The van der Waals surface area contributed by atoms with Crippen molar-refractivity contribution >= 4 is 28.7 Å². The molecule has 2 N–H and O–H groups in total. The van der Waals surface area contributed by atoms with Crippen LogP contribution in [0, 0.1) is 6.92 Å². The minimum atomic E-state index is 0.534. The number of benzene rings is 1. The van der Waals surface area contributed by atoms with Crippen LogP contribution in [0.15, 0.2) is 30.5 Å². The van der Waals surface area contributed by atoms with Crippen LogP contribution in [0.4, 0.5) is 11.4 Å². The zero-order chi connectivity index (χ0) is 15.4. The molecule has 112 valence electrons. The maximum absolute atomic E-state index is 5.35. The summed E-state index contributed by atoms with van der Waals surface area (Å²) in [6.45, 7) is 9.31. The monoisotopic (exact) mass is 302 g/mol. The highest BCUT2D eigenvalue weighted by Crippen LogP contribution is 2.18.